The fourth-order valence-corrected chi connectivity index (χ4v) is 3.26. The molecule has 1 fully saturated rings. The van der Waals surface area contributed by atoms with E-state index in [1.54, 1.807) is 29.2 Å². The maximum Gasteiger partial charge on any atom is 0.319 e. The second kappa shape index (κ2) is 8.79. The Balaban J connectivity index is 1.48. The molecular formula is C19H21ClN4O4. The molecule has 0 bridgehead atoms. The van der Waals surface area contributed by atoms with Crippen LogP contribution in [0.2, 0.25) is 5.02 Å². The molecule has 0 spiro atoms. The van der Waals surface area contributed by atoms with Crippen molar-refractivity contribution in [1.29, 1.82) is 0 Å². The van der Waals surface area contributed by atoms with Crippen LogP contribution in [0.5, 0.6) is 0 Å². The summed E-state index contributed by atoms with van der Waals surface area (Å²) in [6, 6.07) is 6.08. The molecule has 1 aromatic heterocycles. The fourth-order valence-electron chi connectivity index (χ4n) is 3.04. The summed E-state index contributed by atoms with van der Waals surface area (Å²) in [6.07, 6.45) is 4.22. The number of nitrogens with zero attached hydrogens (tertiary/aromatic N) is 1. The largest absolute Gasteiger partial charge is 0.472 e. The van der Waals surface area contributed by atoms with Crippen molar-refractivity contribution >= 4 is 40.8 Å². The molecule has 1 saturated heterocycles. The summed E-state index contributed by atoms with van der Waals surface area (Å²) in [7, 11) is 0. The smallest absolute Gasteiger partial charge is 0.319 e. The van der Waals surface area contributed by atoms with Crippen molar-refractivity contribution in [2.24, 2.45) is 0 Å². The lowest BCUT2D eigenvalue weighted by molar-refractivity contribution is -0.114. The summed E-state index contributed by atoms with van der Waals surface area (Å²) in [5.41, 5.74) is 1.53. The Hall–Kier alpha value is -3.00. The van der Waals surface area contributed by atoms with Gasteiger partial charge in [-0.2, -0.15) is 0 Å². The first-order valence-electron chi connectivity index (χ1n) is 8.88. The molecule has 0 saturated carbocycles. The van der Waals surface area contributed by atoms with Gasteiger partial charge in [-0.15, -0.1) is 0 Å². The third-order valence-electron chi connectivity index (χ3n) is 4.42. The number of halogens is 1. The first-order chi connectivity index (χ1) is 13.4. The number of urea groups is 1. The lowest BCUT2D eigenvalue weighted by Crippen LogP contribution is -2.47. The van der Waals surface area contributed by atoms with Crippen LogP contribution in [-0.2, 0) is 4.79 Å². The summed E-state index contributed by atoms with van der Waals surface area (Å²) in [5, 5.41) is 8.55. The number of piperidine rings is 1. The van der Waals surface area contributed by atoms with Gasteiger partial charge in [0.15, 0.2) is 0 Å². The van der Waals surface area contributed by atoms with Crippen LogP contribution >= 0.6 is 11.6 Å². The molecule has 2 aromatic rings. The predicted octanol–water partition coefficient (Wildman–Crippen LogP) is 3.32. The van der Waals surface area contributed by atoms with Gasteiger partial charge in [0.25, 0.3) is 5.91 Å². The minimum absolute atomic E-state index is 0.0363. The monoisotopic (exact) mass is 404 g/mol. The average Bonchev–Trinajstić information content (AvgIpc) is 3.18. The number of amides is 4. The number of rotatable bonds is 4. The van der Waals surface area contributed by atoms with Crippen LogP contribution in [0.1, 0.15) is 30.1 Å². The van der Waals surface area contributed by atoms with Crippen molar-refractivity contribution < 1.29 is 18.8 Å². The van der Waals surface area contributed by atoms with E-state index in [-0.39, 0.29) is 23.9 Å². The van der Waals surface area contributed by atoms with Crippen molar-refractivity contribution in [1.82, 2.24) is 10.2 Å². The number of carbonyl (C=O) groups is 3. The van der Waals surface area contributed by atoms with Crippen LogP contribution in [0.25, 0.3) is 0 Å². The van der Waals surface area contributed by atoms with Crippen LogP contribution in [0.4, 0.5) is 16.2 Å². The summed E-state index contributed by atoms with van der Waals surface area (Å²) >= 11 is 6.16. The third-order valence-corrected chi connectivity index (χ3v) is 4.74. The molecule has 2 heterocycles. The van der Waals surface area contributed by atoms with E-state index in [0.29, 0.717) is 47.9 Å². The van der Waals surface area contributed by atoms with Gasteiger partial charge in [-0.3, -0.25) is 9.59 Å². The lowest BCUT2D eigenvalue weighted by atomic mass is 10.0. The molecule has 0 radical (unpaired) electrons. The van der Waals surface area contributed by atoms with Gasteiger partial charge in [0.1, 0.15) is 6.26 Å². The number of furan rings is 1. The molecule has 8 nitrogen and oxygen atoms in total. The number of anilines is 2. The molecule has 1 aromatic carbocycles. The predicted molar refractivity (Wildman–Crippen MR) is 106 cm³/mol. The molecular weight excluding hydrogens is 384 g/mol. The van der Waals surface area contributed by atoms with E-state index in [1.807, 2.05) is 0 Å². The van der Waals surface area contributed by atoms with E-state index in [2.05, 4.69) is 16.0 Å². The van der Waals surface area contributed by atoms with Gasteiger partial charge in [0.2, 0.25) is 5.91 Å². The van der Waals surface area contributed by atoms with Crippen molar-refractivity contribution in [3.63, 3.8) is 0 Å². The Morgan fingerprint density at radius 2 is 1.89 bits per heavy atom. The van der Waals surface area contributed by atoms with Crippen LogP contribution in [0, 0.1) is 0 Å². The second-order valence-electron chi connectivity index (χ2n) is 6.55. The average molecular weight is 405 g/mol. The fraction of sp³-hybridized carbons (Fsp3) is 0.316. The molecule has 0 atom stereocenters. The zero-order valence-electron chi connectivity index (χ0n) is 15.3. The normalized spacial score (nSPS) is 14.4. The Bertz CT molecular complexity index is 861. The highest BCUT2D eigenvalue weighted by Crippen LogP contribution is 2.25. The number of likely N-dealkylation sites (tertiary alicyclic amines) is 1. The first kappa shape index (κ1) is 19.8. The Labute approximate surface area is 167 Å². The van der Waals surface area contributed by atoms with Gasteiger partial charge >= 0.3 is 6.03 Å². The molecule has 9 heteroatoms. The van der Waals surface area contributed by atoms with E-state index in [9.17, 15) is 14.4 Å². The molecule has 3 rings (SSSR count). The zero-order valence-corrected chi connectivity index (χ0v) is 16.1. The minimum Gasteiger partial charge on any atom is -0.472 e. The number of hydrogen-bond donors (Lipinski definition) is 3. The van der Waals surface area contributed by atoms with Gasteiger partial charge in [-0.25, -0.2) is 4.79 Å². The maximum absolute atomic E-state index is 12.3. The summed E-state index contributed by atoms with van der Waals surface area (Å²) in [4.78, 5) is 37.4. The molecule has 148 valence electrons. The van der Waals surface area contributed by atoms with E-state index >= 15 is 0 Å². The number of hydrogen-bond acceptors (Lipinski definition) is 4. The second-order valence-corrected chi connectivity index (χ2v) is 6.96. The van der Waals surface area contributed by atoms with Gasteiger partial charge < -0.3 is 25.3 Å². The van der Waals surface area contributed by atoms with E-state index in [1.165, 1.54) is 19.5 Å². The third kappa shape index (κ3) is 5.04. The molecule has 1 aliphatic rings. The van der Waals surface area contributed by atoms with Gasteiger partial charge in [0, 0.05) is 31.7 Å². The van der Waals surface area contributed by atoms with Gasteiger partial charge in [-0.05, 0) is 37.1 Å². The zero-order chi connectivity index (χ0) is 20.1. The molecule has 28 heavy (non-hydrogen) atoms. The molecule has 3 N–H and O–H groups in total. The van der Waals surface area contributed by atoms with Gasteiger partial charge in [0.05, 0.1) is 22.5 Å². The van der Waals surface area contributed by atoms with E-state index < -0.39 is 0 Å². The van der Waals surface area contributed by atoms with Crippen molar-refractivity contribution in [3.8, 4) is 0 Å². The Morgan fingerprint density at radius 1 is 1.14 bits per heavy atom. The van der Waals surface area contributed by atoms with Crippen LogP contribution < -0.4 is 16.0 Å². The summed E-state index contributed by atoms with van der Waals surface area (Å²) in [5.74, 6) is -0.269. The van der Waals surface area contributed by atoms with Crippen molar-refractivity contribution in [2.45, 2.75) is 25.8 Å². The van der Waals surface area contributed by atoms with E-state index in [4.69, 9.17) is 16.0 Å². The lowest BCUT2D eigenvalue weighted by Gasteiger charge is -2.32. The first-order valence-corrected chi connectivity index (χ1v) is 9.26. The number of benzene rings is 1. The van der Waals surface area contributed by atoms with E-state index in [0.717, 1.165) is 0 Å². The van der Waals surface area contributed by atoms with Crippen LogP contribution in [0.15, 0.2) is 41.2 Å². The van der Waals surface area contributed by atoms with Crippen LogP contribution in [-0.4, -0.2) is 41.9 Å². The quantitative estimate of drug-likeness (QED) is 0.727. The maximum atomic E-state index is 12.3. The molecule has 0 unspecified atom stereocenters. The number of nitrogens with one attached hydrogen (secondary N) is 3. The highest BCUT2D eigenvalue weighted by molar-refractivity contribution is 6.34. The Kier molecular flexibility index (Phi) is 6.20. The van der Waals surface area contributed by atoms with Crippen LogP contribution in [0.3, 0.4) is 0 Å². The summed E-state index contributed by atoms with van der Waals surface area (Å²) in [6.45, 7) is 2.52. The SMILES string of the molecule is CC(=O)Nc1ccc(NC(=O)NC2CCN(C(=O)c3ccoc3)CC2)c(Cl)c1. The molecule has 4 amide bonds. The van der Waals surface area contributed by atoms with Gasteiger partial charge in [-0.1, -0.05) is 11.6 Å². The molecule has 1 aliphatic heterocycles. The Morgan fingerprint density at radius 3 is 2.50 bits per heavy atom. The standard InChI is InChI=1S/C19H21ClN4O4/c1-12(25)21-15-2-3-17(16(20)10-15)23-19(27)22-14-4-7-24(8-5-14)18(26)13-6-9-28-11-13/h2-3,6,9-11,14H,4-5,7-8H2,1H3,(H,21,25)(H2,22,23,27). The highest BCUT2D eigenvalue weighted by atomic mass is 35.5. The number of carbonyl (C=O) groups excluding carboxylic acids is 3. The topological polar surface area (TPSA) is 104 Å². The van der Waals surface area contributed by atoms with Crippen molar-refractivity contribution in [2.75, 3.05) is 23.7 Å². The van der Waals surface area contributed by atoms with Crippen molar-refractivity contribution in [3.05, 3.63) is 47.4 Å². The highest BCUT2D eigenvalue weighted by Gasteiger charge is 2.25. The molecule has 0 aliphatic carbocycles. The summed E-state index contributed by atoms with van der Waals surface area (Å²) < 4.78 is 4.95. The minimum atomic E-state index is -0.367.